The van der Waals surface area contributed by atoms with Gasteiger partial charge in [-0.2, -0.15) is 0 Å². The highest BCUT2D eigenvalue weighted by Crippen LogP contribution is 2.48. The van der Waals surface area contributed by atoms with Crippen molar-refractivity contribution in [2.45, 2.75) is 12.8 Å². The Bertz CT molecular complexity index is 1110. The second-order valence-electron chi connectivity index (χ2n) is 6.77. The van der Waals surface area contributed by atoms with Gasteiger partial charge < -0.3 is 14.8 Å². The molecule has 0 spiro atoms. The van der Waals surface area contributed by atoms with Crippen molar-refractivity contribution in [3.63, 3.8) is 0 Å². The highest BCUT2D eigenvalue weighted by Gasteiger charge is 2.43. The number of nitrogens with one attached hydrogen (secondary N) is 1. The van der Waals surface area contributed by atoms with Crippen LogP contribution in [0.2, 0.25) is 0 Å². The number of rotatable bonds is 3. The number of Topliss-reactive ketones (excluding diaryl/α,β-unsaturated/α-hetero) is 1. The highest BCUT2D eigenvalue weighted by molar-refractivity contribution is 14.1. The number of methoxy groups -OCH3 is 2. The van der Waals surface area contributed by atoms with Gasteiger partial charge in [-0.25, -0.2) is 4.79 Å². The molecule has 1 atom stereocenters. The standard InChI is InChI=1S/C22H17BrINO4/c1-10-16(22(27)29-3)17(11-8-14(23)21(28-2)15(24)9-11)18-19(25-10)12-6-4-5-7-13(12)20(18)26/h4-9,17,25H,1-3H3/t17-/m1/s1. The Kier molecular flexibility index (Phi) is 5.29. The lowest BCUT2D eigenvalue weighted by Gasteiger charge is -2.29. The maximum absolute atomic E-state index is 13.4. The number of hydrogen-bond acceptors (Lipinski definition) is 5. The van der Waals surface area contributed by atoms with E-state index in [4.69, 9.17) is 9.47 Å². The van der Waals surface area contributed by atoms with Crippen LogP contribution in [-0.2, 0) is 9.53 Å². The van der Waals surface area contributed by atoms with Crippen LogP contribution in [0, 0.1) is 3.57 Å². The van der Waals surface area contributed by atoms with Crippen molar-refractivity contribution in [2.24, 2.45) is 0 Å². The fourth-order valence-electron chi connectivity index (χ4n) is 3.98. The van der Waals surface area contributed by atoms with Crippen LogP contribution in [0.3, 0.4) is 0 Å². The molecule has 1 heterocycles. The zero-order chi connectivity index (χ0) is 20.9. The van der Waals surface area contributed by atoms with E-state index < -0.39 is 11.9 Å². The minimum absolute atomic E-state index is 0.0797. The molecule has 1 aliphatic carbocycles. The molecule has 2 aromatic carbocycles. The number of carbonyl (C=O) groups excluding carboxylic acids is 2. The van der Waals surface area contributed by atoms with Gasteiger partial charge in [-0.05, 0) is 63.1 Å². The third-order valence-electron chi connectivity index (χ3n) is 5.21. The molecule has 1 N–H and O–H groups in total. The Balaban J connectivity index is 1.98. The zero-order valence-corrected chi connectivity index (χ0v) is 19.7. The third kappa shape index (κ3) is 3.11. The van der Waals surface area contributed by atoms with Crippen LogP contribution in [0.15, 0.2) is 57.7 Å². The maximum Gasteiger partial charge on any atom is 0.336 e. The summed E-state index contributed by atoms with van der Waals surface area (Å²) in [4.78, 5) is 26.1. The van der Waals surface area contributed by atoms with Crippen molar-refractivity contribution < 1.29 is 19.1 Å². The molecule has 2 aliphatic rings. The van der Waals surface area contributed by atoms with Gasteiger partial charge in [0.05, 0.1) is 33.5 Å². The monoisotopic (exact) mass is 565 g/mol. The van der Waals surface area contributed by atoms with Crippen molar-refractivity contribution >= 4 is 56.0 Å². The largest absolute Gasteiger partial charge is 0.494 e. The first kappa shape index (κ1) is 20.2. The van der Waals surface area contributed by atoms with Gasteiger partial charge in [-0.3, -0.25) is 4.79 Å². The summed E-state index contributed by atoms with van der Waals surface area (Å²) >= 11 is 5.74. The van der Waals surface area contributed by atoms with Crippen LogP contribution in [0.1, 0.15) is 34.3 Å². The summed E-state index contributed by atoms with van der Waals surface area (Å²) in [5, 5.41) is 3.28. The molecule has 2 aromatic rings. The second kappa shape index (κ2) is 7.60. The van der Waals surface area contributed by atoms with Crippen molar-refractivity contribution in [3.05, 3.63) is 78.0 Å². The maximum atomic E-state index is 13.4. The molecule has 0 saturated carbocycles. The molecule has 29 heavy (non-hydrogen) atoms. The van der Waals surface area contributed by atoms with Gasteiger partial charge in [-0.1, -0.05) is 24.3 Å². The molecule has 148 valence electrons. The van der Waals surface area contributed by atoms with Crippen LogP contribution < -0.4 is 10.1 Å². The van der Waals surface area contributed by atoms with Gasteiger partial charge in [0.1, 0.15) is 5.75 Å². The number of allylic oxidation sites excluding steroid dienone is 2. The van der Waals surface area contributed by atoms with E-state index in [1.165, 1.54) is 7.11 Å². The molecule has 0 aromatic heterocycles. The van der Waals surface area contributed by atoms with E-state index in [0.717, 1.165) is 24.9 Å². The summed E-state index contributed by atoms with van der Waals surface area (Å²) in [6, 6.07) is 11.3. The molecular formula is C22H17BrINO4. The van der Waals surface area contributed by atoms with Gasteiger partial charge in [-0.15, -0.1) is 0 Å². The van der Waals surface area contributed by atoms with Crippen LogP contribution >= 0.6 is 38.5 Å². The lowest BCUT2D eigenvalue weighted by atomic mass is 9.80. The molecule has 5 nitrogen and oxygen atoms in total. The number of benzene rings is 2. The predicted octanol–water partition coefficient (Wildman–Crippen LogP) is 4.80. The molecule has 4 rings (SSSR count). The first-order chi connectivity index (χ1) is 13.9. The minimum Gasteiger partial charge on any atom is -0.494 e. The normalized spacial score (nSPS) is 17.7. The predicted molar refractivity (Wildman–Crippen MR) is 122 cm³/mol. The summed E-state index contributed by atoms with van der Waals surface area (Å²) in [6.07, 6.45) is 0. The number of hydrogen-bond donors (Lipinski definition) is 1. The third-order valence-corrected chi connectivity index (χ3v) is 6.60. The first-order valence-electron chi connectivity index (χ1n) is 8.86. The Morgan fingerprint density at radius 2 is 1.86 bits per heavy atom. The summed E-state index contributed by atoms with van der Waals surface area (Å²) < 4.78 is 12.1. The van der Waals surface area contributed by atoms with Crippen molar-refractivity contribution in [3.8, 4) is 5.75 Å². The second-order valence-corrected chi connectivity index (χ2v) is 8.79. The number of halogens is 2. The SMILES string of the molecule is COC(=O)C1=C(C)NC2=C(C(=O)c3ccccc32)[C@@H]1c1cc(Br)c(OC)c(I)c1. The first-order valence-corrected chi connectivity index (χ1v) is 10.7. The van der Waals surface area contributed by atoms with Gasteiger partial charge >= 0.3 is 5.97 Å². The number of ether oxygens (including phenoxy) is 2. The molecule has 0 fully saturated rings. The van der Waals surface area contributed by atoms with Gasteiger partial charge in [0, 0.05) is 28.3 Å². The number of ketones is 1. The van der Waals surface area contributed by atoms with Crippen LogP contribution in [0.5, 0.6) is 5.75 Å². The van der Waals surface area contributed by atoms with Crippen molar-refractivity contribution in [1.29, 1.82) is 0 Å². The Morgan fingerprint density at radius 1 is 1.17 bits per heavy atom. The Morgan fingerprint density at radius 3 is 2.48 bits per heavy atom. The van der Waals surface area contributed by atoms with Crippen LogP contribution in [-0.4, -0.2) is 26.0 Å². The quantitative estimate of drug-likeness (QED) is 0.428. The lowest BCUT2D eigenvalue weighted by molar-refractivity contribution is -0.136. The zero-order valence-electron chi connectivity index (χ0n) is 15.9. The molecule has 7 heteroatoms. The van der Waals surface area contributed by atoms with Crippen molar-refractivity contribution in [1.82, 2.24) is 5.32 Å². The Labute approximate surface area is 190 Å². The van der Waals surface area contributed by atoms with Gasteiger partial charge in [0.25, 0.3) is 0 Å². The summed E-state index contributed by atoms with van der Waals surface area (Å²) in [6.45, 7) is 1.83. The molecule has 0 bridgehead atoms. The van der Waals surface area contributed by atoms with E-state index >= 15 is 0 Å². The summed E-state index contributed by atoms with van der Waals surface area (Å²) in [5.74, 6) is -0.380. The molecule has 1 aliphatic heterocycles. The van der Waals surface area contributed by atoms with E-state index in [1.807, 2.05) is 43.3 Å². The molecule has 0 radical (unpaired) electrons. The number of carbonyl (C=O) groups is 2. The molecule has 0 amide bonds. The van der Waals surface area contributed by atoms with Gasteiger partial charge in [0.15, 0.2) is 5.78 Å². The van der Waals surface area contributed by atoms with Crippen LogP contribution in [0.4, 0.5) is 0 Å². The van der Waals surface area contributed by atoms with E-state index in [-0.39, 0.29) is 5.78 Å². The van der Waals surface area contributed by atoms with E-state index in [1.54, 1.807) is 7.11 Å². The molecule has 0 unspecified atom stereocenters. The average molecular weight is 566 g/mol. The Hall–Kier alpha value is -2.13. The summed E-state index contributed by atoms with van der Waals surface area (Å²) in [7, 11) is 2.96. The van der Waals surface area contributed by atoms with Crippen LogP contribution in [0.25, 0.3) is 5.70 Å². The van der Waals surface area contributed by atoms with E-state index in [2.05, 4.69) is 43.8 Å². The fourth-order valence-corrected chi connectivity index (χ4v) is 5.86. The van der Waals surface area contributed by atoms with E-state index in [0.29, 0.717) is 28.2 Å². The number of esters is 1. The lowest BCUT2D eigenvalue weighted by Crippen LogP contribution is -2.29. The van der Waals surface area contributed by atoms with Gasteiger partial charge in [0.2, 0.25) is 0 Å². The highest BCUT2D eigenvalue weighted by atomic mass is 127. The fraction of sp³-hybridized carbons (Fsp3) is 0.182. The topological polar surface area (TPSA) is 64.6 Å². The molecular weight excluding hydrogens is 549 g/mol. The average Bonchev–Trinajstić information content (AvgIpc) is 2.98. The number of fused-ring (bicyclic) bond motifs is 2. The van der Waals surface area contributed by atoms with E-state index in [9.17, 15) is 9.59 Å². The number of dihydropyridines is 1. The smallest absolute Gasteiger partial charge is 0.336 e. The minimum atomic E-state index is -0.547. The molecule has 0 saturated heterocycles. The van der Waals surface area contributed by atoms with Crippen molar-refractivity contribution in [2.75, 3.05) is 14.2 Å². The summed E-state index contributed by atoms with van der Waals surface area (Å²) in [5.41, 5.74) is 4.72.